The summed E-state index contributed by atoms with van der Waals surface area (Å²) in [7, 11) is 1.79. The van der Waals surface area contributed by atoms with Crippen LogP contribution in [0.4, 0.5) is 9.18 Å². The summed E-state index contributed by atoms with van der Waals surface area (Å²) in [5, 5.41) is 0. The van der Waals surface area contributed by atoms with Crippen LogP contribution < -0.4 is 4.74 Å². The highest BCUT2D eigenvalue weighted by Crippen LogP contribution is 2.38. The van der Waals surface area contributed by atoms with Crippen LogP contribution in [0.1, 0.15) is 63.4 Å². The second-order valence-corrected chi connectivity index (χ2v) is 10.2. The van der Waals surface area contributed by atoms with E-state index in [1.165, 1.54) is 23.8 Å². The molecule has 2 fully saturated rings. The largest absolute Gasteiger partial charge is 0.487 e. The van der Waals surface area contributed by atoms with Crippen LogP contribution >= 0.6 is 22.9 Å². The van der Waals surface area contributed by atoms with E-state index < -0.39 is 0 Å². The maximum absolute atomic E-state index is 14.8. The Morgan fingerprint density at radius 3 is 2.55 bits per heavy atom. The second kappa shape index (κ2) is 10.2. The Morgan fingerprint density at radius 2 is 1.84 bits per heavy atom. The first-order valence-electron chi connectivity index (χ1n) is 11.2. The maximum Gasteiger partial charge on any atom is 0.410 e. The molecule has 1 amide bonds. The van der Waals surface area contributed by atoms with E-state index in [1.54, 1.807) is 24.1 Å². The van der Waals surface area contributed by atoms with E-state index >= 15 is 0 Å². The first-order valence-corrected chi connectivity index (χ1v) is 12.3. The standard InChI is InChI=1S/C24H29ClFNO3S/c1-27(18-7-5-6-8-18)24(28)29-15-17-14-22(25)31-23(17)16-11-12-21(20(26)13-16)30-19-9-3-2-4-10-19/h11-14,18-19H,2-10,15H2,1H3. The van der Waals surface area contributed by atoms with E-state index in [4.69, 9.17) is 21.1 Å². The van der Waals surface area contributed by atoms with Gasteiger partial charge < -0.3 is 14.4 Å². The molecule has 7 heteroatoms. The lowest BCUT2D eigenvalue weighted by molar-refractivity contribution is 0.0920. The summed E-state index contributed by atoms with van der Waals surface area (Å²) in [6, 6.07) is 7.06. The lowest BCUT2D eigenvalue weighted by Crippen LogP contribution is -2.35. The number of amides is 1. The molecule has 2 aliphatic rings. The highest BCUT2D eigenvalue weighted by atomic mass is 35.5. The molecule has 1 aromatic heterocycles. The fraction of sp³-hybridized carbons (Fsp3) is 0.542. The predicted molar refractivity (Wildman–Crippen MR) is 122 cm³/mol. The maximum atomic E-state index is 14.8. The van der Waals surface area contributed by atoms with Gasteiger partial charge in [-0.1, -0.05) is 30.9 Å². The van der Waals surface area contributed by atoms with Gasteiger partial charge in [0.25, 0.3) is 0 Å². The van der Waals surface area contributed by atoms with Crippen LogP contribution in [0.15, 0.2) is 24.3 Å². The fourth-order valence-corrected chi connectivity index (χ4v) is 5.78. The molecule has 0 bridgehead atoms. The normalized spacial score (nSPS) is 17.6. The summed E-state index contributed by atoms with van der Waals surface area (Å²) in [6.07, 6.45) is 9.57. The molecular weight excluding hydrogens is 437 g/mol. The van der Waals surface area contributed by atoms with Crippen molar-refractivity contribution < 1.29 is 18.7 Å². The summed E-state index contributed by atoms with van der Waals surface area (Å²) in [5.41, 5.74) is 1.49. The molecule has 0 saturated heterocycles. The third-order valence-corrected chi connectivity index (χ3v) is 7.69. The third-order valence-electron chi connectivity index (χ3n) is 6.33. The van der Waals surface area contributed by atoms with Crippen molar-refractivity contribution in [1.29, 1.82) is 0 Å². The fourth-order valence-electron chi connectivity index (χ4n) is 4.53. The van der Waals surface area contributed by atoms with Crippen molar-refractivity contribution in [3.8, 4) is 16.2 Å². The van der Waals surface area contributed by atoms with Crippen molar-refractivity contribution in [2.45, 2.75) is 76.5 Å². The highest BCUT2D eigenvalue weighted by molar-refractivity contribution is 7.19. The van der Waals surface area contributed by atoms with Crippen molar-refractivity contribution in [2.75, 3.05) is 7.05 Å². The number of hydrogen-bond donors (Lipinski definition) is 0. The number of thiophene rings is 1. The zero-order chi connectivity index (χ0) is 21.8. The summed E-state index contributed by atoms with van der Waals surface area (Å²) >= 11 is 7.60. The molecule has 0 unspecified atom stereocenters. The summed E-state index contributed by atoms with van der Waals surface area (Å²) < 4.78 is 26.8. The van der Waals surface area contributed by atoms with Gasteiger partial charge in [-0.15, -0.1) is 11.3 Å². The number of rotatable bonds is 6. The van der Waals surface area contributed by atoms with E-state index in [0.29, 0.717) is 15.6 Å². The van der Waals surface area contributed by atoms with Gasteiger partial charge in [0.1, 0.15) is 6.61 Å². The summed E-state index contributed by atoms with van der Waals surface area (Å²) in [5.74, 6) is -0.0824. The van der Waals surface area contributed by atoms with E-state index in [-0.39, 0.29) is 30.7 Å². The van der Waals surface area contributed by atoms with Gasteiger partial charge in [0.05, 0.1) is 10.4 Å². The van der Waals surface area contributed by atoms with E-state index in [1.807, 2.05) is 6.07 Å². The van der Waals surface area contributed by atoms with E-state index in [0.717, 1.165) is 61.8 Å². The van der Waals surface area contributed by atoms with Crippen molar-refractivity contribution in [1.82, 2.24) is 4.90 Å². The average molecular weight is 466 g/mol. The topological polar surface area (TPSA) is 38.8 Å². The molecule has 0 atom stereocenters. The van der Waals surface area contributed by atoms with Gasteiger partial charge in [0.15, 0.2) is 11.6 Å². The number of carbonyl (C=O) groups excluding carboxylic acids is 1. The Balaban J connectivity index is 1.43. The van der Waals surface area contributed by atoms with Crippen molar-refractivity contribution in [2.24, 2.45) is 0 Å². The number of hydrogen-bond acceptors (Lipinski definition) is 4. The Bertz CT molecular complexity index is 906. The van der Waals surface area contributed by atoms with Gasteiger partial charge in [-0.2, -0.15) is 0 Å². The molecule has 1 heterocycles. The molecule has 4 nitrogen and oxygen atoms in total. The molecule has 2 aromatic rings. The quantitative estimate of drug-likeness (QED) is 0.445. The van der Waals surface area contributed by atoms with Gasteiger partial charge in [-0.3, -0.25) is 0 Å². The van der Waals surface area contributed by atoms with Crippen molar-refractivity contribution >= 4 is 29.0 Å². The Morgan fingerprint density at radius 1 is 1.13 bits per heavy atom. The van der Waals surface area contributed by atoms with Gasteiger partial charge >= 0.3 is 6.09 Å². The van der Waals surface area contributed by atoms with Crippen LogP contribution in [0.2, 0.25) is 4.34 Å². The molecule has 4 rings (SSSR count). The minimum absolute atomic E-state index is 0.0945. The summed E-state index contributed by atoms with van der Waals surface area (Å²) in [4.78, 5) is 14.9. The molecule has 0 spiro atoms. The van der Waals surface area contributed by atoms with Crippen molar-refractivity contribution in [3.05, 3.63) is 40.0 Å². The molecule has 0 radical (unpaired) electrons. The molecular formula is C24H29ClFNO3S. The van der Waals surface area contributed by atoms with Crippen LogP contribution in [0.25, 0.3) is 10.4 Å². The molecule has 2 saturated carbocycles. The van der Waals surface area contributed by atoms with Gasteiger partial charge in [-0.25, -0.2) is 9.18 Å². The molecule has 0 N–H and O–H groups in total. The minimum atomic E-state index is -0.378. The molecule has 168 valence electrons. The number of benzene rings is 1. The number of halogens is 2. The highest BCUT2D eigenvalue weighted by Gasteiger charge is 2.25. The monoisotopic (exact) mass is 465 g/mol. The van der Waals surface area contributed by atoms with Gasteiger partial charge in [0.2, 0.25) is 0 Å². The average Bonchev–Trinajstić information content (AvgIpc) is 3.43. The number of nitrogens with zero attached hydrogens (tertiary/aromatic N) is 1. The van der Waals surface area contributed by atoms with Gasteiger partial charge in [0, 0.05) is 23.5 Å². The SMILES string of the molecule is CN(C(=O)OCc1cc(Cl)sc1-c1ccc(OC2CCCCC2)c(F)c1)C1CCCC1. The smallest absolute Gasteiger partial charge is 0.410 e. The van der Waals surface area contributed by atoms with Gasteiger partial charge in [-0.05, 0) is 68.4 Å². The zero-order valence-corrected chi connectivity index (χ0v) is 19.4. The predicted octanol–water partition coefficient (Wildman–Crippen LogP) is 7.43. The lowest BCUT2D eigenvalue weighted by atomic mass is 9.98. The molecule has 31 heavy (non-hydrogen) atoms. The van der Waals surface area contributed by atoms with E-state index in [2.05, 4.69) is 0 Å². The van der Waals surface area contributed by atoms with Crippen LogP contribution in [-0.2, 0) is 11.3 Å². The molecule has 2 aliphatic carbocycles. The number of carbonyl (C=O) groups is 1. The first-order chi connectivity index (χ1) is 15.0. The Kier molecular flexibility index (Phi) is 7.39. The Labute approximate surface area is 192 Å². The number of ether oxygens (including phenoxy) is 2. The Hall–Kier alpha value is -1.79. The molecule has 0 aliphatic heterocycles. The van der Waals surface area contributed by atoms with Crippen LogP contribution in [-0.4, -0.2) is 30.2 Å². The van der Waals surface area contributed by atoms with Crippen molar-refractivity contribution in [3.63, 3.8) is 0 Å². The molecule has 1 aromatic carbocycles. The second-order valence-electron chi connectivity index (χ2n) is 8.53. The third kappa shape index (κ3) is 5.53. The van der Waals surface area contributed by atoms with Crippen LogP contribution in [0.5, 0.6) is 5.75 Å². The van der Waals surface area contributed by atoms with Crippen LogP contribution in [0, 0.1) is 5.82 Å². The van der Waals surface area contributed by atoms with Crippen LogP contribution in [0.3, 0.4) is 0 Å². The first kappa shape index (κ1) is 22.4. The summed E-state index contributed by atoms with van der Waals surface area (Å²) in [6.45, 7) is 0.108. The van der Waals surface area contributed by atoms with E-state index in [9.17, 15) is 9.18 Å². The minimum Gasteiger partial charge on any atom is -0.487 e. The zero-order valence-electron chi connectivity index (χ0n) is 17.9. The lowest BCUT2D eigenvalue weighted by Gasteiger charge is -2.23.